The van der Waals surface area contributed by atoms with Gasteiger partial charge in [0.15, 0.2) is 0 Å². The van der Waals surface area contributed by atoms with Crippen molar-refractivity contribution >= 4 is 23.6 Å². The second-order valence-electron chi connectivity index (χ2n) is 4.08. The molecule has 1 heterocycles. The molecule has 0 aliphatic carbocycles. The molecule has 0 unspecified atom stereocenters. The fraction of sp³-hybridized carbons (Fsp3) is 0. The molecule has 0 fully saturated rings. The summed E-state index contributed by atoms with van der Waals surface area (Å²) in [6.45, 7) is 0. The molecule has 0 aliphatic heterocycles. The lowest BCUT2D eigenvalue weighted by atomic mass is 9.85. The molecule has 2 N–H and O–H groups in total. The minimum Gasteiger partial charge on any atom is -0.463 e. The van der Waals surface area contributed by atoms with E-state index in [4.69, 9.17) is 4.42 Å². The van der Waals surface area contributed by atoms with Crippen LogP contribution in [-0.2, 0) is 0 Å². The van der Waals surface area contributed by atoms with E-state index in [9.17, 15) is 10.0 Å². The fourth-order valence-electron chi connectivity index (χ4n) is 2.11. The second-order valence-corrected chi connectivity index (χ2v) is 4.08. The Morgan fingerprint density at radius 1 is 0.778 bits per heavy atom. The Kier molecular flexibility index (Phi) is 2.66. The van der Waals surface area contributed by atoms with E-state index in [2.05, 4.69) is 0 Å². The highest BCUT2D eigenvalue weighted by Crippen LogP contribution is 2.29. The minimum atomic E-state index is -1.60. The number of fused-ring (bicyclic) bond motifs is 1. The molecule has 0 atom stereocenters. The van der Waals surface area contributed by atoms with Crippen molar-refractivity contribution in [2.24, 2.45) is 0 Å². The summed E-state index contributed by atoms with van der Waals surface area (Å²) in [6, 6.07) is 17.1. The SMILES string of the molecule is OB(O)c1oc(-c2ccccc2)c2ccccc12. The Morgan fingerprint density at radius 3 is 2.06 bits per heavy atom. The monoisotopic (exact) mass is 238 g/mol. The molecule has 3 rings (SSSR count). The van der Waals surface area contributed by atoms with Gasteiger partial charge in [0.2, 0.25) is 0 Å². The van der Waals surface area contributed by atoms with Crippen molar-refractivity contribution in [1.29, 1.82) is 0 Å². The molecule has 88 valence electrons. The van der Waals surface area contributed by atoms with E-state index in [1.165, 1.54) is 0 Å². The first kappa shape index (κ1) is 11.1. The van der Waals surface area contributed by atoms with E-state index in [1.807, 2.05) is 54.6 Å². The Bertz CT molecular complexity index is 674. The molecule has 0 saturated carbocycles. The van der Waals surface area contributed by atoms with Crippen molar-refractivity contribution in [2.75, 3.05) is 0 Å². The lowest BCUT2D eigenvalue weighted by molar-refractivity contribution is 0.411. The average Bonchev–Trinajstić information content (AvgIpc) is 2.79. The molecule has 3 aromatic rings. The zero-order chi connectivity index (χ0) is 12.5. The van der Waals surface area contributed by atoms with Gasteiger partial charge in [0, 0.05) is 16.3 Å². The first-order valence-electron chi connectivity index (χ1n) is 5.70. The molecule has 0 amide bonds. The summed E-state index contributed by atoms with van der Waals surface area (Å²) in [6.07, 6.45) is 0. The molecule has 18 heavy (non-hydrogen) atoms. The summed E-state index contributed by atoms with van der Waals surface area (Å²) in [5.41, 5.74) is 1.10. The van der Waals surface area contributed by atoms with E-state index in [-0.39, 0.29) is 5.66 Å². The predicted molar refractivity (Wildman–Crippen MR) is 71.5 cm³/mol. The van der Waals surface area contributed by atoms with Gasteiger partial charge in [-0.05, 0) is 0 Å². The first-order chi connectivity index (χ1) is 8.77. The van der Waals surface area contributed by atoms with Crippen LogP contribution in [0.2, 0.25) is 0 Å². The summed E-state index contributed by atoms with van der Waals surface area (Å²) >= 11 is 0. The second kappa shape index (κ2) is 4.33. The fourth-order valence-corrected chi connectivity index (χ4v) is 2.11. The third kappa shape index (κ3) is 1.72. The van der Waals surface area contributed by atoms with E-state index in [0.717, 1.165) is 16.3 Å². The average molecular weight is 238 g/mol. The summed E-state index contributed by atoms with van der Waals surface area (Å²) in [5, 5.41) is 20.3. The lowest BCUT2D eigenvalue weighted by Crippen LogP contribution is -2.28. The quantitative estimate of drug-likeness (QED) is 0.669. The van der Waals surface area contributed by atoms with Gasteiger partial charge >= 0.3 is 7.12 Å². The van der Waals surface area contributed by atoms with Crippen molar-refractivity contribution in [3.05, 3.63) is 54.6 Å². The van der Waals surface area contributed by atoms with Gasteiger partial charge in [-0.1, -0.05) is 54.6 Å². The number of benzene rings is 2. The molecule has 1 aromatic heterocycles. The molecule has 4 heteroatoms. The largest absolute Gasteiger partial charge is 0.527 e. The lowest BCUT2D eigenvalue weighted by Gasteiger charge is -1.97. The molecule has 0 spiro atoms. The Labute approximate surface area is 104 Å². The Balaban J connectivity index is 2.31. The molecule has 3 nitrogen and oxygen atoms in total. The molecular formula is C14H11BO3. The van der Waals surface area contributed by atoms with Crippen molar-refractivity contribution in [1.82, 2.24) is 0 Å². The van der Waals surface area contributed by atoms with Gasteiger partial charge in [-0.25, -0.2) is 0 Å². The topological polar surface area (TPSA) is 53.6 Å². The van der Waals surface area contributed by atoms with Gasteiger partial charge in [0.1, 0.15) is 11.4 Å². The van der Waals surface area contributed by atoms with E-state index in [0.29, 0.717) is 5.76 Å². The Morgan fingerprint density at radius 2 is 1.39 bits per heavy atom. The Hall–Kier alpha value is -2.04. The molecular weight excluding hydrogens is 227 g/mol. The minimum absolute atomic E-state index is 0.185. The van der Waals surface area contributed by atoms with E-state index < -0.39 is 7.12 Å². The van der Waals surface area contributed by atoms with Gasteiger partial charge < -0.3 is 14.5 Å². The zero-order valence-electron chi connectivity index (χ0n) is 9.58. The maximum atomic E-state index is 9.34. The smallest absolute Gasteiger partial charge is 0.463 e. The van der Waals surface area contributed by atoms with Crippen LogP contribution in [0.3, 0.4) is 0 Å². The maximum Gasteiger partial charge on any atom is 0.527 e. The van der Waals surface area contributed by atoms with Crippen LogP contribution in [0.5, 0.6) is 0 Å². The summed E-state index contributed by atoms with van der Waals surface area (Å²) in [5.74, 6) is 0.661. The highest BCUT2D eigenvalue weighted by molar-refractivity contribution is 6.60. The van der Waals surface area contributed by atoms with Crippen LogP contribution in [-0.4, -0.2) is 17.2 Å². The van der Waals surface area contributed by atoms with E-state index in [1.54, 1.807) is 0 Å². The normalized spacial score (nSPS) is 10.8. The van der Waals surface area contributed by atoms with Crippen LogP contribution in [0.4, 0.5) is 0 Å². The van der Waals surface area contributed by atoms with E-state index >= 15 is 0 Å². The first-order valence-corrected chi connectivity index (χ1v) is 5.70. The standard InChI is InChI=1S/C14H11BO3/c16-15(17)14-12-9-5-4-8-11(12)13(18-14)10-6-2-1-3-7-10/h1-9,16-17H. The van der Waals surface area contributed by atoms with Crippen LogP contribution < -0.4 is 5.66 Å². The molecule has 2 aromatic carbocycles. The van der Waals surface area contributed by atoms with Crippen molar-refractivity contribution in [3.63, 3.8) is 0 Å². The van der Waals surface area contributed by atoms with Crippen molar-refractivity contribution < 1.29 is 14.5 Å². The van der Waals surface area contributed by atoms with Gasteiger partial charge in [0.05, 0.1) is 0 Å². The van der Waals surface area contributed by atoms with Gasteiger partial charge in [-0.2, -0.15) is 0 Å². The van der Waals surface area contributed by atoms with Crippen LogP contribution in [0.15, 0.2) is 59.0 Å². The number of hydrogen-bond donors (Lipinski definition) is 2. The highest BCUT2D eigenvalue weighted by atomic mass is 16.4. The summed E-state index contributed by atoms with van der Waals surface area (Å²) in [7, 11) is -1.60. The molecule has 0 bridgehead atoms. The number of furan rings is 1. The van der Waals surface area contributed by atoms with Gasteiger partial charge in [-0.3, -0.25) is 0 Å². The van der Waals surface area contributed by atoms with Crippen LogP contribution in [0, 0.1) is 0 Å². The summed E-state index contributed by atoms with van der Waals surface area (Å²) in [4.78, 5) is 0. The van der Waals surface area contributed by atoms with Crippen LogP contribution >= 0.6 is 0 Å². The summed E-state index contributed by atoms with van der Waals surface area (Å²) < 4.78 is 5.61. The van der Waals surface area contributed by atoms with Gasteiger partial charge in [0.25, 0.3) is 0 Å². The predicted octanol–water partition coefficient (Wildman–Crippen LogP) is 1.78. The number of hydrogen-bond acceptors (Lipinski definition) is 3. The van der Waals surface area contributed by atoms with Crippen molar-refractivity contribution in [3.8, 4) is 11.3 Å². The van der Waals surface area contributed by atoms with Crippen LogP contribution in [0.25, 0.3) is 22.1 Å². The third-order valence-corrected chi connectivity index (χ3v) is 2.92. The zero-order valence-corrected chi connectivity index (χ0v) is 9.58. The maximum absolute atomic E-state index is 9.34. The molecule has 0 saturated heterocycles. The molecule has 0 radical (unpaired) electrons. The highest BCUT2D eigenvalue weighted by Gasteiger charge is 2.23. The van der Waals surface area contributed by atoms with Crippen LogP contribution in [0.1, 0.15) is 0 Å². The molecule has 0 aliphatic rings. The third-order valence-electron chi connectivity index (χ3n) is 2.92. The van der Waals surface area contributed by atoms with Gasteiger partial charge in [-0.15, -0.1) is 0 Å². The number of rotatable bonds is 2. The van der Waals surface area contributed by atoms with Crippen molar-refractivity contribution in [2.45, 2.75) is 0 Å².